The smallest absolute Gasteiger partial charge is 0.326 e. The van der Waals surface area contributed by atoms with Crippen molar-refractivity contribution in [3.05, 3.63) is 21.9 Å². The van der Waals surface area contributed by atoms with Gasteiger partial charge in [-0.25, -0.2) is 0 Å². The second-order valence-corrected chi connectivity index (χ2v) is 4.82. The van der Waals surface area contributed by atoms with E-state index in [9.17, 15) is 9.90 Å². The average Bonchev–Trinajstić information content (AvgIpc) is 2.73. The zero-order chi connectivity index (χ0) is 12.1. The Morgan fingerprint density at radius 2 is 2.00 bits per heavy atom. The highest BCUT2D eigenvalue weighted by Gasteiger charge is 2.26. The van der Waals surface area contributed by atoms with Gasteiger partial charge in [-0.2, -0.15) is 0 Å². The second kappa shape index (κ2) is 6.01. The molecular weight excluding hydrogens is 222 g/mol. The van der Waals surface area contributed by atoms with E-state index in [1.54, 1.807) is 11.3 Å². The summed E-state index contributed by atoms with van der Waals surface area (Å²) in [7, 11) is 0. The third-order valence-electron chi connectivity index (χ3n) is 2.71. The predicted octanol–water partition coefficient (Wildman–Crippen LogP) is 2.78. The number of aliphatic carboxylic acids is 1. The number of hydrogen-bond donors (Lipinski definition) is 1. The molecule has 0 bridgehead atoms. The average molecular weight is 241 g/mol. The summed E-state index contributed by atoms with van der Waals surface area (Å²) in [4.78, 5) is 15.5. The number of carboxylic acid groups (broad SMARTS) is 1. The largest absolute Gasteiger partial charge is 0.480 e. The SMILES string of the molecule is CCc1ccc(C(C(=O)O)N(CC)CC)s1. The molecule has 0 aliphatic rings. The van der Waals surface area contributed by atoms with Crippen molar-refractivity contribution in [3.63, 3.8) is 0 Å². The van der Waals surface area contributed by atoms with E-state index < -0.39 is 12.0 Å². The Kier molecular flexibility index (Phi) is 4.96. The first-order valence-electron chi connectivity index (χ1n) is 5.69. The van der Waals surface area contributed by atoms with E-state index in [1.165, 1.54) is 4.88 Å². The van der Waals surface area contributed by atoms with Crippen LogP contribution in [0.2, 0.25) is 0 Å². The minimum absolute atomic E-state index is 0.486. The van der Waals surface area contributed by atoms with Crippen LogP contribution < -0.4 is 0 Å². The quantitative estimate of drug-likeness (QED) is 0.832. The van der Waals surface area contributed by atoms with Gasteiger partial charge >= 0.3 is 5.97 Å². The van der Waals surface area contributed by atoms with Gasteiger partial charge < -0.3 is 5.11 Å². The minimum atomic E-state index is -0.756. The molecule has 0 aromatic carbocycles. The van der Waals surface area contributed by atoms with Crippen LogP contribution in [0.5, 0.6) is 0 Å². The van der Waals surface area contributed by atoms with Gasteiger partial charge in [0.1, 0.15) is 6.04 Å². The van der Waals surface area contributed by atoms with Crippen molar-refractivity contribution < 1.29 is 9.90 Å². The first-order chi connectivity index (χ1) is 7.63. The molecule has 0 radical (unpaired) electrons. The zero-order valence-electron chi connectivity index (χ0n) is 10.1. The molecule has 1 unspecified atom stereocenters. The number of hydrogen-bond acceptors (Lipinski definition) is 3. The number of thiophene rings is 1. The molecule has 3 nitrogen and oxygen atoms in total. The van der Waals surface area contributed by atoms with Crippen LogP contribution in [0, 0.1) is 0 Å². The first-order valence-corrected chi connectivity index (χ1v) is 6.51. The van der Waals surface area contributed by atoms with Crippen LogP contribution in [0.1, 0.15) is 36.6 Å². The monoisotopic (exact) mass is 241 g/mol. The summed E-state index contributed by atoms with van der Waals surface area (Å²) >= 11 is 1.61. The maximum Gasteiger partial charge on any atom is 0.326 e. The lowest BCUT2D eigenvalue weighted by atomic mass is 10.2. The van der Waals surface area contributed by atoms with Gasteiger partial charge in [0, 0.05) is 9.75 Å². The maximum atomic E-state index is 11.3. The van der Waals surface area contributed by atoms with E-state index in [4.69, 9.17) is 0 Å². The van der Waals surface area contributed by atoms with Gasteiger partial charge in [-0.3, -0.25) is 9.69 Å². The number of carboxylic acids is 1. The number of aryl methyl sites for hydroxylation is 1. The Morgan fingerprint density at radius 3 is 2.38 bits per heavy atom. The van der Waals surface area contributed by atoms with Gasteiger partial charge in [0.15, 0.2) is 0 Å². The summed E-state index contributed by atoms with van der Waals surface area (Å²) < 4.78 is 0. The van der Waals surface area contributed by atoms with E-state index >= 15 is 0 Å². The number of rotatable bonds is 6. The molecule has 0 fully saturated rings. The second-order valence-electron chi connectivity index (χ2n) is 3.62. The summed E-state index contributed by atoms with van der Waals surface area (Å²) in [5.74, 6) is -0.756. The van der Waals surface area contributed by atoms with Gasteiger partial charge in [0.2, 0.25) is 0 Å². The molecule has 0 saturated carbocycles. The summed E-state index contributed by atoms with van der Waals surface area (Å²) in [6.07, 6.45) is 0.968. The molecule has 1 N–H and O–H groups in total. The fraction of sp³-hybridized carbons (Fsp3) is 0.583. The lowest BCUT2D eigenvalue weighted by Gasteiger charge is -2.25. The van der Waals surface area contributed by atoms with Gasteiger partial charge in [-0.15, -0.1) is 11.3 Å². The van der Waals surface area contributed by atoms with E-state index in [2.05, 4.69) is 6.92 Å². The lowest BCUT2D eigenvalue weighted by Crippen LogP contribution is -2.33. The lowest BCUT2D eigenvalue weighted by molar-refractivity contribution is -0.143. The highest BCUT2D eigenvalue weighted by atomic mass is 32.1. The van der Waals surface area contributed by atoms with E-state index in [1.807, 2.05) is 30.9 Å². The highest BCUT2D eigenvalue weighted by Crippen LogP contribution is 2.28. The standard InChI is InChI=1S/C12H19NO2S/c1-4-9-7-8-10(16-9)11(12(14)15)13(5-2)6-3/h7-8,11H,4-6H2,1-3H3,(H,14,15). The third kappa shape index (κ3) is 2.83. The maximum absolute atomic E-state index is 11.3. The molecule has 1 heterocycles. The molecule has 1 atom stereocenters. The van der Waals surface area contributed by atoms with E-state index in [0.29, 0.717) is 0 Å². The van der Waals surface area contributed by atoms with Crippen LogP contribution >= 0.6 is 11.3 Å². The molecular formula is C12H19NO2S. The Bertz CT molecular complexity index is 345. The van der Waals surface area contributed by atoms with Crippen LogP contribution in [0.4, 0.5) is 0 Å². The fourth-order valence-electron chi connectivity index (χ4n) is 1.78. The first kappa shape index (κ1) is 13.2. The number of nitrogens with zero attached hydrogens (tertiary/aromatic N) is 1. The normalized spacial score (nSPS) is 13.0. The molecule has 90 valence electrons. The molecule has 1 rings (SSSR count). The zero-order valence-corrected chi connectivity index (χ0v) is 10.9. The number of likely N-dealkylation sites (N-methyl/N-ethyl adjacent to an activating group) is 1. The highest BCUT2D eigenvalue weighted by molar-refractivity contribution is 7.12. The molecule has 1 aromatic heterocycles. The molecule has 4 heteroatoms. The molecule has 16 heavy (non-hydrogen) atoms. The van der Waals surface area contributed by atoms with Gasteiger partial charge in [0.25, 0.3) is 0 Å². The Balaban J connectivity index is 2.97. The Morgan fingerprint density at radius 1 is 1.38 bits per heavy atom. The van der Waals surface area contributed by atoms with Gasteiger partial charge in [-0.1, -0.05) is 20.8 Å². The van der Waals surface area contributed by atoms with Crippen LogP contribution in [0.25, 0.3) is 0 Å². The molecule has 1 aromatic rings. The summed E-state index contributed by atoms with van der Waals surface area (Å²) in [5, 5.41) is 9.31. The van der Waals surface area contributed by atoms with Crippen molar-refractivity contribution in [1.82, 2.24) is 4.90 Å². The third-order valence-corrected chi connectivity index (χ3v) is 3.99. The van der Waals surface area contributed by atoms with E-state index in [0.717, 1.165) is 24.4 Å². The van der Waals surface area contributed by atoms with Crippen LogP contribution in [-0.2, 0) is 11.2 Å². The molecule has 0 aliphatic carbocycles. The van der Waals surface area contributed by atoms with Crippen molar-refractivity contribution >= 4 is 17.3 Å². The summed E-state index contributed by atoms with van der Waals surface area (Å²) in [5.41, 5.74) is 0. The summed E-state index contributed by atoms with van der Waals surface area (Å²) in [6, 6.07) is 3.49. The van der Waals surface area contributed by atoms with Crippen molar-refractivity contribution in [3.8, 4) is 0 Å². The molecule has 0 amide bonds. The van der Waals surface area contributed by atoms with Crippen molar-refractivity contribution in [2.45, 2.75) is 33.2 Å². The van der Waals surface area contributed by atoms with Gasteiger partial charge in [-0.05, 0) is 31.6 Å². The molecule has 0 spiro atoms. The molecule has 0 saturated heterocycles. The number of carbonyl (C=O) groups is 1. The van der Waals surface area contributed by atoms with Crippen LogP contribution in [0.15, 0.2) is 12.1 Å². The van der Waals surface area contributed by atoms with Gasteiger partial charge in [0.05, 0.1) is 0 Å². The summed E-state index contributed by atoms with van der Waals surface area (Å²) in [6.45, 7) is 7.59. The Hall–Kier alpha value is -0.870. The van der Waals surface area contributed by atoms with Crippen molar-refractivity contribution in [2.75, 3.05) is 13.1 Å². The topological polar surface area (TPSA) is 40.5 Å². The van der Waals surface area contributed by atoms with Crippen molar-refractivity contribution in [2.24, 2.45) is 0 Å². The fourth-order valence-corrected chi connectivity index (χ4v) is 2.86. The van der Waals surface area contributed by atoms with Crippen molar-refractivity contribution in [1.29, 1.82) is 0 Å². The minimum Gasteiger partial charge on any atom is -0.480 e. The van der Waals surface area contributed by atoms with Crippen LogP contribution in [0.3, 0.4) is 0 Å². The predicted molar refractivity (Wildman–Crippen MR) is 67.0 cm³/mol. The van der Waals surface area contributed by atoms with Crippen LogP contribution in [-0.4, -0.2) is 29.1 Å². The Labute approximate surface area is 101 Å². The molecule has 0 aliphatic heterocycles. The van der Waals surface area contributed by atoms with E-state index in [-0.39, 0.29) is 0 Å².